The third-order valence-corrected chi connectivity index (χ3v) is 6.05. The highest BCUT2D eigenvalue weighted by Crippen LogP contribution is 2.39. The largest absolute Gasteiger partial charge is 0.347 e. The molecule has 1 atom stereocenters. The summed E-state index contributed by atoms with van der Waals surface area (Å²) in [6.45, 7) is 8.74. The molecule has 1 fully saturated rings. The molecule has 2 heterocycles. The zero-order chi connectivity index (χ0) is 21.0. The Kier molecular flexibility index (Phi) is 6.45. The molecule has 1 aliphatic rings. The van der Waals surface area contributed by atoms with Gasteiger partial charge in [0, 0.05) is 23.9 Å². The topological polar surface area (TPSA) is 101 Å². The fraction of sp³-hybridized carbons (Fsp3) is 0.591. The molecule has 2 aromatic rings. The lowest BCUT2D eigenvalue weighted by Gasteiger charge is -2.36. The molecule has 0 aliphatic heterocycles. The summed E-state index contributed by atoms with van der Waals surface area (Å²) in [4.78, 5) is 32.2. The van der Waals surface area contributed by atoms with Crippen LogP contribution in [0.2, 0.25) is 0 Å². The number of aromatic amines is 1. The minimum absolute atomic E-state index is 0.00535. The first kappa shape index (κ1) is 21.1. The van der Waals surface area contributed by atoms with Crippen LogP contribution >= 0.6 is 0 Å². The fourth-order valence-corrected chi connectivity index (χ4v) is 4.09. The summed E-state index contributed by atoms with van der Waals surface area (Å²) >= 11 is 0. The minimum Gasteiger partial charge on any atom is -0.347 e. The second-order valence-electron chi connectivity index (χ2n) is 9.01. The van der Waals surface area contributed by atoms with Gasteiger partial charge in [0.05, 0.1) is 6.04 Å². The summed E-state index contributed by atoms with van der Waals surface area (Å²) in [7, 11) is 0. The summed E-state index contributed by atoms with van der Waals surface area (Å²) in [6, 6.07) is 3.07. The zero-order valence-electron chi connectivity index (χ0n) is 17.7. The summed E-state index contributed by atoms with van der Waals surface area (Å²) in [5.74, 6) is 1.07. The standard InChI is InChI=1S/C22H31N5O2/c1-5-17(24-20(28)15-6-8-16(9-7-15)22(2,3)4)18-21(29)25-19(27-26-18)14-10-12-23-13-11-14/h10-13,15-17H,5-9H2,1-4H3,(H,24,28)(H,25,27,29). The average molecular weight is 398 g/mol. The molecule has 3 rings (SSSR count). The van der Waals surface area contributed by atoms with E-state index in [0.29, 0.717) is 18.2 Å². The highest BCUT2D eigenvalue weighted by atomic mass is 16.2. The van der Waals surface area contributed by atoms with E-state index in [1.54, 1.807) is 24.5 Å². The quantitative estimate of drug-likeness (QED) is 0.802. The Morgan fingerprint density at radius 1 is 1.17 bits per heavy atom. The molecule has 1 amide bonds. The highest BCUT2D eigenvalue weighted by Gasteiger charge is 2.33. The molecule has 7 heteroatoms. The Labute approximate surface area is 171 Å². The number of rotatable bonds is 5. The van der Waals surface area contributed by atoms with Crippen molar-refractivity contribution >= 4 is 5.91 Å². The Balaban J connectivity index is 1.67. The van der Waals surface area contributed by atoms with Crippen LogP contribution in [0.15, 0.2) is 29.3 Å². The third-order valence-electron chi connectivity index (χ3n) is 6.05. The molecule has 1 unspecified atom stereocenters. The van der Waals surface area contributed by atoms with Crippen molar-refractivity contribution in [1.29, 1.82) is 0 Å². The molecule has 29 heavy (non-hydrogen) atoms. The number of amides is 1. The van der Waals surface area contributed by atoms with E-state index in [4.69, 9.17) is 0 Å². The number of aromatic nitrogens is 4. The van der Waals surface area contributed by atoms with Crippen LogP contribution in [0.25, 0.3) is 11.4 Å². The average Bonchev–Trinajstić information content (AvgIpc) is 2.72. The van der Waals surface area contributed by atoms with Crippen molar-refractivity contribution in [3.8, 4) is 11.4 Å². The van der Waals surface area contributed by atoms with Crippen LogP contribution in [-0.2, 0) is 4.79 Å². The van der Waals surface area contributed by atoms with Crippen molar-refractivity contribution in [2.24, 2.45) is 17.3 Å². The van der Waals surface area contributed by atoms with Gasteiger partial charge in [-0.25, -0.2) is 0 Å². The van der Waals surface area contributed by atoms with E-state index in [0.717, 1.165) is 31.2 Å². The number of nitrogens with one attached hydrogen (secondary N) is 2. The molecule has 1 aliphatic carbocycles. The van der Waals surface area contributed by atoms with E-state index >= 15 is 0 Å². The van der Waals surface area contributed by atoms with E-state index in [1.807, 2.05) is 6.92 Å². The smallest absolute Gasteiger partial charge is 0.275 e. The van der Waals surface area contributed by atoms with E-state index in [9.17, 15) is 9.59 Å². The minimum atomic E-state index is -0.439. The van der Waals surface area contributed by atoms with Crippen LogP contribution in [0.4, 0.5) is 0 Å². The SMILES string of the molecule is CCC(NC(=O)C1CCC(C(C)(C)C)CC1)c1nnc(-c2ccncc2)[nH]c1=O. The van der Waals surface area contributed by atoms with E-state index in [-0.39, 0.29) is 28.5 Å². The molecule has 7 nitrogen and oxygen atoms in total. The van der Waals surface area contributed by atoms with Gasteiger partial charge >= 0.3 is 0 Å². The van der Waals surface area contributed by atoms with Crippen LogP contribution in [-0.4, -0.2) is 26.1 Å². The van der Waals surface area contributed by atoms with Gasteiger partial charge in [-0.3, -0.25) is 14.6 Å². The van der Waals surface area contributed by atoms with E-state index in [2.05, 4.69) is 46.3 Å². The number of hydrogen-bond acceptors (Lipinski definition) is 5. The molecule has 156 valence electrons. The highest BCUT2D eigenvalue weighted by molar-refractivity contribution is 5.79. The van der Waals surface area contributed by atoms with Gasteiger partial charge in [0.1, 0.15) is 0 Å². The van der Waals surface area contributed by atoms with Crippen LogP contribution in [0.5, 0.6) is 0 Å². The molecule has 2 aromatic heterocycles. The van der Waals surface area contributed by atoms with Gasteiger partial charge in [0.2, 0.25) is 5.91 Å². The second kappa shape index (κ2) is 8.84. The maximum Gasteiger partial charge on any atom is 0.275 e. The van der Waals surface area contributed by atoms with Gasteiger partial charge in [-0.15, -0.1) is 10.2 Å². The Morgan fingerprint density at radius 3 is 2.38 bits per heavy atom. The van der Waals surface area contributed by atoms with Crippen molar-refractivity contribution < 1.29 is 4.79 Å². The number of pyridine rings is 1. The van der Waals surface area contributed by atoms with Crippen molar-refractivity contribution in [2.45, 2.75) is 65.8 Å². The molecule has 0 spiro atoms. The first-order chi connectivity index (χ1) is 13.8. The lowest BCUT2D eigenvalue weighted by molar-refractivity contribution is -0.127. The van der Waals surface area contributed by atoms with Crippen molar-refractivity contribution in [3.05, 3.63) is 40.6 Å². The van der Waals surface area contributed by atoms with Crippen LogP contribution in [0.1, 0.15) is 71.5 Å². The Bertz CT molecular complexity index is 880. The summed E-state index contributed by atoms with van der Waals surface area (Å²) in [5.41, 5.74) is 0.952. The van der Waals surface area contributed by atoms with Crippen LogP contribution in [0, 0.1) is 17.3 Å². The van der Waals surface area contributed by atoms with E-state index in [1.165, 1.54) is 0 Å². The summed E-state index contributed by atoms with van der Waals surface area (Å²) in [5, 5.41) is 11.3. The maximum atomic E-state index is 12.8. The van der Waals surface area contributed by atoms with Gasteiger partial charge in [-0.05, 0) is 55.6 Å². The lowest BCUT2D eigenvalue weighted by atomic mass is 9.69. The van der Waals surface area contributed by atoms with Gasteiger partial charge in [-0.2, -0.15) is 0 Å². The van der Waals surface area contributed by atoms with Gasteiger partial charge in [0.25, 0.3) is 5.56 Å². The molecular formula is C22H31N5O2. The van der Waals surface area contributed by atoms with Crippen molar-refractivity contribution in [3.63, 3.8) is 0 Å². The third kappa shape index (κ3) is 5.08. The Morgan fingerprint density at radius 2 is 1.83 bits per heavy atom. The first-order valence-electron chi connectivity index (χ1n) is 10.5. The Hall–Kier alpha value is -2.57. The maximum absolute atomic E-state index is 12.8. The number of hydrogen-bond donors (Lipinski definition) is 2. The van der Waals surface area contributed by atoms with Crippen LogP contribution < -0.4 is 10.9 Å². The van der Waals surface area contributed by atoms with Crippen LogP contribution in [0.3, 0.4) is 0 Å². The number of carbonyl (C=O) groups excluding carboxylic acids is 1. The molecule has 1 saturated carbocycles. The lowest BCUT2D eigenvalue weighted by Crippen LogP contribution is -2.39. The summed E-state index contributed by atoms with van der Waals surface area (Å²) < 4.78 is 0. The van der Waals surface area contributed by atoms with Gasteiger partial charge < -0.3 is 10.3 Å². The van der Waals surface area contributed by atoms with Crippen molar-refractivity contribution in [2.75, 3.05) is 0 Å². The van der Waals surface area contributed by atoms with Gasteiger partial charge in [-0.1, -0.05) is 27.7 Å². The molecule has 0 saturated heterocycles. The molecule has 0 aromatic carbocycles. The molecule has 0 radical (unpaired) electrons. The fourth-order valence-electron chi connectivity index (χ4n) is 4.09. The number of carbonyl (C=O) groups is 1. The molecule has 2 N–H and O–H groups in total. The van der Waals surface area contributed by atoms with Gasteiger partial charge in [0.15, 0.2) is 11.5 Å². The molecular weight excluding hydrogens is 366 g/mol. The van der Waals surface area contributed by atoms with Crippen molar-refractivity contribution in [1.82, 2.24) is 25.5 Å². The monoisotopic (exact) mass is 397 g/mol. The normalized spacial score (nSPS) is 20.8. The number of nitrogens with zero attached hydrogens (tertiary/aromatic N) is 3. The zero-order valence-corrected chi connectivity index (χ0v) is 17.7. The predicted molar refractivity (Wildman–Crippen MR) is 112 cm³/mol. The second-order valence-corrected chi connectivity index (χ2v) is 9.01. The molecule has 0 bridgehead atoms. The predicted octanol–water partition coefficient (Wildman–Crippen LogP) is 3.65. The first-order valence-corrected chi connectivity index (χ1v) is 10.5. The number of H-pyrrole nitrogens is 1. The van der Waals surface area contributed by atoms with E-state index < -0.39 is 6.04 Å². The summed E-state index contributed by atoms with van der Waals surface area (Å²) in [6.07, 6.45) is 7.77.